The van der Waals surface area contributed by atoms with E-state index in [1.54, 1.807) is 41.5 Å². The van der Waals surface area contributed by atoms with Gasteiger partial charge in [-0.1, -0.05) is 41.5 Å². The zero-order valence-corrected chi connectivity index (χ0v) is 30.3. The molecule has 0 spiro atoms. The fourth-order valence-electron chi connectivity index (χ4n) is 4.67. The minimum absolute atomic E-state index is 0.0412. The molecule has 0 bridgehead atoms. The number of guanidine groups is 1. The molecule has 4 amide bonds. The maximum atomic E-state index is 13.3. The number of unbranched alkanes of at least 4 members (excludes halogenated alkanes) is 1. The zero-order valence-electron chi connectivity index (χ0n) is 30.3. The van der Waals surface area contributed by atoms with Crippen molar-refractivity contribution in [3.05, 3.63) is 0 Å². The number of nitrogens with one attached hydrogen (secondary N) is 5. The second-order valence-corrected chi connectivity index (χ2v) is 13.9. The van der Waals surface area contributed by atoms with Gasteiger partial charge in [-0.3, -0.25) is 34.2 Å². The predicted molar refractivity (Wildman–Crippen MR) is 184 cm³/mol. The standard InChI is InChI=1S/C33H62N8O6/c1-10-25(42)24(39-33(7,8)9)19-27(44)36-17-18-40(29(46)11-2)22-28(45)38-23(15-13-14-16-37-31(34)35)20-41(30(47)12-3)21-26(43)32(4,5)6/h23-24,39H,10-22H2,1-9H3,(H,36,44)(H,38,45)(H4,34,35,37)/t23-,24?/m0/s1. The molecule has 0 fully saturated rings. The second kappa shape index (κ2) is 21.3. The van der Waals surface area contributed by atoms with Gasteiger partial charge in [0.15, 0.2) is 11.7 Å². The van der Waals surface area contributed by atoms with E-state index < -0.39 is 23.4 Å². The summed E-state index contributed by atoms with van der Waals surface area (Å²) in [5, 5.41) is 19.0. The Balaban J connectivity index is 5.59. The number of carbonyl (C=O) groups excluding carboxylic acids is 6. The number of rotatable bonds is 22. The van der Waals surface area contributed by atoms with Gasteiger partial charge in [-0.05, 0) is 40.0 Å². The fourth-order valence-corrected chi connectivity index (χ4v) is 4.67. The maximum Gasteiger partial charge on any atom is 0.239 e. The molecular weight excluding hydrogens is 604 g/mol. The van der Waals surface area contributed by atoms with Gasteiger partial charge >= 0.3 is 0 Å². The van der Waals surface area contributed by atoms with E-state index in [4.69, 9.17) is 11.1 Å². The molecule has 0 aromatic heterocycles. The van der Waals surface area contributed by atoms with Crippen LogP contribution in [0, 0.1) is 10.8 Å². The Hall–Kier alpha value is -3.55. The van der Waals surface area contributed by atoms with E-state index in [1.165, 1.54) is 9.80 Å². The topological polar surface area (TPSA) is 207 Å². The highest BCUT2D eigenvalue weighted by atomic mass is 16.2. The number of amides is 4. The molecule has 0 saturated carbocycles. The van der Waals surface area contributed by atoms with Crippen LogP contribution >= 0.6 is 0 Å². The van der Waals surface area contributed by atoms with Gasteiger partial charge in [0.1, 0.15) is 5.78 Å². The number of ketones is 2. The predicted octanol–water partition coefficient (Wildman–Crippen LogP) is 1.46. The molecule has 1 unspecified atom stereocenters. The SMILES string of the molecule is CCC(=O)C(CC(=O)NCCN(CC(=O)N[C@@H](CCCCNC(=N)N)CN(CC(=O)C(C)(C)C)C(=O)CC)C(=O)CC)NC(C)(C)C. The summed E-state index contributed by atoms with van der Waals surface area (Å²) in [5.41, 5.74) is 4.35. The van der Waals surface area contributed by atoms with E-state index in [9.17, 15) is 28.8 Å². The number of nitrogens with two attached hydrogens (primary N) is 1. The van der Waals surface area contributed by atoms with Crippen LogP contribution in [-0.2, 0) is 28.8 Å². The van der Waals surface area contributed by atoms with Crippen LogP contribution in [0.5, 0.6) is 0 Å². The number of Topliss-reactive ketones (excluding diaryl/α,β-unsaturated/α-hetero) is 2. The highest BCUT2D eigenvalue weighted by molar-refractivity contribution is 5.90. The lowest BCUT2D eigenvalue weighted by Crippen LogP contribution is -2.51. The highest BCUT2D eigenvalue weighted by Crippen LogP contribution is 2.16. The summed E-state index contributed by atoms with van der Waals surface area (Å²) >= 11 is 0. The minimum atomic E-state index is -0.643. The van der Waals surface area contributed by atoms with Crippen LogP contribution in [0.25, 0.3) is 0 Å². The minimum Gasteiger partial charge on any atom is -0.370 e. The number of hydrogen-bond donors (Lipinski definition) is 6. The molecule has 0 aromatic rings. The molecule has 0 radical (unpaired) electrons. The molecule has 0 rings (SSSR count). The van der Waals surface area contributed by atoms with Gasteiger partial charge in [0.2, 0.25) is 23.6 Å². The van der Waals surface area contributed by atoms with Crippen LogP contribution in [0.3, 0.4) is 0 Å². The fraction of sp³-hybridized carbons (Fsp3) is 0.788. The first-order chi connectivity index (χ1) is 21.7. The number of hydrogen-bond acceptors (Lipinski definition) is 8. The highest BCUT2D eigenvalue weighted by Gasteiger charge is 2.28. The molecule has 0 saturated heterocycles. The van der Waals surface area contributed by atoms with Gasteiger partial charge in [0, 0.05) is 68.9 Å². The summed E-state index contributed by atoms with van der Waals surface area (Å²) in [7, 11) is 0. The van der Waals surface area contributed by atoms with Crippen molar-refractivity contribution in [3.63, 3.8) is 0 Å². The van der Waals surface area contributed by atoms with Crippen molar-refractivity contribution in [2.75, 3.05) is 39.3 Å². The van der Waals surface area contributed by atoms with Crippen molar-refractivity contribution in [1.29, 1.82) is 5.41 Å². The number of carbonyl (C=O) groups is 6. The van der Waals surface area contributed by atoms with Crippen LogP contribution in [0.4, 0.5) is 0 Å². The van der Waals surface area contributed by atoms with Crippen molar-refractivity contribution in [3.8, 4) is 0 Å². The Morgan fingerprint density at radius 1 is 0.766 bits per heavy atom. The summed E-state index contributed by atoms with van der Waals surface area (Å²) in [5.74, 6) is -1.56. The summed E-state index contributed by atoms with van der Waals surface area (Å²) in [6.45, 7) is 16.7. The van der Waals surface area contributed by atoms with Crippen molar-refractivity contribution >= 4 is 41.2 Å². The van der Waals surface area contributed by atoms with E-state index in [-0.39, 0.29) is 92.8 Å². The Morgan fingerprint density at radius 2 is 1.36 bits per heavy atom. The molecule has 14 nitrogen and oxygen atoms in total. The molecule has 7 N–H and O–H groups in total. The molecule has 0 aromatic carbocycles. The Bertz CT molecular complexity index is 1070. The summed E-state index contributed by atoms with van der Waals surface area (Å²) in [6, 6.07) is -1.13. The average Bonchev–Trinajstić information content (AvgIpc) is 2.96. The van der Waals surface area contributed by atoms with Crippen LogP contribution in [0.1, 0.15) is 107 Å². The summed E-state index contributed by atoms with van der Waals surface area (Å²) < 4.78 is 0. The van der Waals surface area contributed by atoms with E-state index in [0.717, 1.165) is 0 Å². The first-order valence-corrected chi connectivity index (χ1v) is 16.8. The summed E-state index contributed by atoms with van der Waals surface area (Å²) in [4.78, 5) is 79.6. The van der Waals surface area contributed by atoms with E-state index >= 15 is 0 Å². The van der Waals surface area contributed by atoms with Gasteiger partial charge in [-0.25, -0.2) is 0 Å². The first-order valence-electron chi connectivity index (χ1n) is 16.8. The molecule has 0 aliphatic rings. The van der Waals surface area contributed by atoms with Gasteiger partial charge in [0.25, 0.3) is 0 Å². The van der Waals surface area contributed by atoms with Gasteiger partial charge in [-0.2, -0.15) is 0 Å². The molecule has 0 aliphatic heterocycles. The molecule has 14 heteroatoms. The molecule has 2 atom stereocenters. The Morgan fingerprint density at radius 3 is 1.87 bits per heavy atom. The lowest BCUT2D eigenvalue weighted by Gasteiger charge is -2.31. The second-order valence-electron chi connectivity index (χ2n) is 13.9. The molecule has 270 valence electrons. The lowest BCUT2D eigenvalue weighted by atomic mass is 9.90. The number of nitrogens with zero attached hydrogens (tertiary/aromatic N) is 2. The van der Waals surface area contributed by atoms with E-state index in [1.807, 2.05) is 20.8 Å². The largest absolute Gasteiger partial charge is 0.370 e. The van der Waals surface area contributed by atoms with Crippen molar-refractivity contribution < 1.29 is 28.8 Å². The third-order valence-corrected chi connectivity index (χ3v) is 7.35. The Labute approximate surface area is 281 Å². The zero-order chi connectivity index (χ0) is 36.4. The lowest BCUT2D eigenvalue weighted by molar-refractivity contribution is -0.138. The van der Waals surface area contributed by atoms with Crippen molar-refractivity contribution in [1.82, 2.24) is 31.1 Å². The van der Waals surface area contributed by atoms with Gasteiger partial charge < -0.3 is 36.8 Å². The first kappa shape index (κ1) is 43.5. The molecular formula is C33H62N8O6. The third-order valence-electron chi connectivity index (χ3n) is 7.35. The Kier molecular flexibility index (Phi) is 19.7. The van der Waals surface area contributed by atoms with Crippen LogP contribution in [0.2, 0.25) is 0 Å². The van der Waals surface area contributed by atoms with Crippen molar-refractivity contribution in [2.24, 2.45) is 11.1 Å². The quantitative estimate of drug-likeness (QED) is 0.0561. The van der Waals surface area contributed by atoms with E-state index in [2.05, 4.69) is 21.3 Å². The molecule has 0 aliphatic carbocycles. The van der Waals surface area contributed by atoms with Crippen molar-refractivity contribution in [2.45, 2.75) is 125 Å². The third kappa shape index (κ3) is 19.7. The smallest absolute Gasteiger partial charge is 0.239 e. The van der Waals surface area contributed by atoms with Gasteiger partial charge in [0.05, 0.1) is 19.1 Å². The average molecular weight is 667 g/mol. The molecule has 47 heavy (non-hydrogen) atoms. The maximum absolute atomic E-state index is 13.3. The van der Waals surface area contributed by atoms with Crippen LogP contribution in [0.15, 0.2) is 0 Å². The van der Waals surface area contributed by atoms with Crippen LogP contribution in [-0.4, -0.2) is 108 Å². The van der Waals surface area contributed by atoms with Crippen LogP contribution < -0.4 is 27.0 Å². The van der Waals surface area contributed by atoms with Gasteiger partial charge in [-0.15, -0.1) is 0 Å². The molecule has 0 heterocycles. The monoisotopic (exact) mass is 666 g/mol. The van der Waals surface area contributed by atoms with E-state index in [0.29, 0.717) is 32.2 Å². The normalized spacial score (nSPS) is 12.8. The summed E-state index contributed by atoms with van der Waals surface area (Å²) in [6.07, 6.45) is 2.39.